The Kier molecular flexibility index (Phi) is 6.38. The van der Waals surface area contributed by atoms with Crippen LogP contribution in [-0.4, -0.2) is 16.7 Å². The molecule has 1 unspecified atom stereocenters. The number of rotatable bonds is 6. The van der Waals surface area contributed by atoms with Crippen molar-refractivity contribution in [3.8, 4) is 23.3 Å². The van der Waals surface area contributed by atoms with Gasteiger partial charge in [0.15, 0.2) is 0 Å². The van der Waals surface area contributed by atoms with Gasteiger partial charge in [0, 0.05) is 0 Å². The molecule has 8 heteroatoms. The molecule has 6 nitrogen and oxygen atoms in total. The van der Waals surface area contributed by atoms with Crippen molar-refractivity contribution in [2.24, 2.45) is 0 Å². The molecule has 0 saturated heterocycles. The number of hydrogen-bond acceptors (Lipinski definition) is 5. The molecule has 30 heavy (non-hydrogen) atoms. The summed E-state index contributed by atoms with van der Waals surface area (Å²) in [5, 5.41) is 9.21. The Balaban J connectivity index is 2.03. The van der Waals surface area contributed by atoms with Gasteiger partial charge in [0.25, 0.3) is 5.56 Å². The van der Waals surface area contributed by atoms with Crippen molar-refractivity contribution in [3.63, 3.8) is 0 Å². The number of halogens is 2. The van der Waals surface area contributed by atoms with E-state index in [4.69, 9.17) is 26.3 Å². The van der Waals surface area contributed by atoms with E-state index in [0.29, 0.717) is 16.9 Å². The first-order valence-electron chi connectivity index (χ1n) is 9.08. The lowest BCUT2D eigenvalue weighted by Gasteiger charge is -2.16. The number of hydrogen-bond donors (Lipinski definition) is 0. The molecular formula is C22H19ClFN3O3. The molecule has 0 aliphatic rings. The summed E-state index contributed by atoms with van der Waals surface area (Å²) in [6.45, 7) is 3.18. The fraction of sp³-hybridized carbons (Fsp3) is 0.227. The van der Waals surface area contributed by atoms with Crippen molar-refractivity contribution in [1.82, 2.24) is 9.55 Å². The van der Waals surface area contributed by atoms with Crippen molar-refractivity contribution < 1.29 is 13.9 Å². The molecule has 0 amide bonds. The second-order valence-electron chi connectivity index (χ2n) is 6.67. The van der Waals surface area contributed by atoms with Crippen LogP contribution in [0.1, 0.15) is 35.5 Å². The van der Waals surface area contributed by atoms with Gasteiger partial charge >= 0.3 is 0 Å². The molecule has 0 fully saturated rings. The lowest BCUT2D eigenvalue weighted by atomic mass is 10.1. The topological polar surface area (TPSA) is 77.1 Å². The van der Waals surface area contributed by atoms with Crippen LogP contribution in [0.5, 0.6) is 17.2 Å². The standard InChI is InChI=1S/C22H19ClFN3O3/c1-13-8-16(10-25)9-18(23)20(13)30-21-19(14(2)24)26-12-27(22(21)28)11-15-4-6-17(29-3)7-5-15/h4-9,12,14H,11H2,1-3H3. The SMILES string of the molecule is COc1ccc(Cn2cnc(C(C)F)c(Oc3c(C)cc(C#N)cc3Cl)c2=O)cc1. The largest absolute Gasteiger partial charge is 0.497 e. The van der Waals surface area contributed by atoms with E-state index in [9.17, 15) is 9.18 Å². The Morgan fingerprint density at radius 3 is 2.53 bits per heavy atom. The fourth-order valence-corrected chi connectivity index (χ4v) is 3.23. The Labute approximate surface area is 178 Å². The van der Waals surface area contributed by atoms with Gasteiger partial charge in [-0.1, -0.05) is 23.7 Å². The van der Waals surface area contributed by atoms with Crippen LogP contribution in [-0.2, 0) is 6.54 Å². The van der Waals surface area contributed by atoms with E-state index in [0.717, 1.165) is 5.56 Å². The van der Waals surface area contributed by atoms with Crippen LogP contribution in [0.15, 0.2) is 47.5 Å². The molecule has 0 radical (unpaired) electrons. The van der Waals surface area contributed by atoms with Crippen molar-refractivity contribution in [2.45, 2.75) is 26.6 Å². The Hall–Kier alpha value is -3.37. The molecule has 3 rings (SSSR count). The Morgan fingerprint density at radius 2 is 1.97 bits per heavy atom. The molecule has 0 aliphatic heterocycles. The quantitative estimate of drug-likeness (QED) is 0.555. The van der Waals surface area contributed by atoms with Crippen LogP contribution >= 0.6 is 11.6 Å². The number of benzene rings is 2. The van der Waals surface area contributed by atoms with Gasteiger partial charge in [0.05, 0.1) is 36.6 Å². The van der Waals surface area contributed by atoms with Gasteiger partial charge in [-0.05, 0) is 49.2 Å². The number of nitrogens with zero attached hydrogens (tertiary/aromatic N) is 3. The van der Waals surface area contributed by atoms with Crippen molar-refractivity contribution in [3.05, 3.63) is 80.5 Å². The highest BCUT2D eigenvalue weighted by Crippen LogP contribution is 2.35. The first kappa shape index (κ1) is 21.3. The average molecular weight is 428 g/mol. The van der Waals surface area contributed by atoms with Gasteiger partial charge in [-0.25, -0.2) is 9.37 Å². The van der Waals surface area contributed by atoms with E-state index >= 15 is 0 Å². The second kappa shape index (κ2) is 8.97. The highest BCUT2D eigenvalue weighted by Gasteiger charge is 2.21. The predicted octanol–water partition coefficient (Wildman–Crippen LogP) is 4.96. The van der Waals surface area contributed by atoms with Crippen LogP contribution in [0.2, 0.25) is 5.02 Å². The Morgan fingerprint density at radius 1 is 1.27 bits per heavy atom. The molecule has 2 aromatic carbocycles. The molecule has 1 aromatic heterocycles. The average Bonchev–Trinajstić information content (AvgIpc) is 2.73. The molecule has 0 aliphatic carbocycles. The molecule has 0 spiro atoms. The van der Waals surface area contributed by atoms with E-state index in [-0.39, 0.29) is 28.8 Å². The number of nitriles is 1. The molecule has 0 saturated carbocycles. The van der Waals surface area contributed by atoms with Gasteiger partial charge in [-0.3, -0.25) is 9.36 Å². The summed E-state index contributed by atoms with van der Waals surface area (Å²) in [5.74, 6) is 0.634. The minimum atomic E-state index is -1.53. The second-order valence-corrected chi connectivity index (χ2v) is 7.08. The van der Waals surface area contributed by atoms with E-state index in [2.05, 4.69) is 4.98 Å². The number of methoxy groups -OCH3 is 1. The molecule has 154 valence electrons. The predicted molar refractivity (Wildman–Crippen MR) is 111 cm³/mol. The molecule has 0 N–H and O–H groups in total. The molecule has 3 aromatic rings. The van der Waals surface area contributed by atoms with Gasteiger partial charge in [-0.15, -0.1) is 0 Å². The van der Waals surface area contributed by atoms with E-state index in [1.807, 2.05) is 18.2 Å². The zero-order valence-corrected chi connectivity index (χ0v) is 17.4. The highest BCUT2D eigenvalue weighted by molar-refractivity contribution is 6.32. The van der Waals surface area contributed by atoms with E-state index < -0.39 is 11.7 Å². The third-order valence-corrected chi connectivity index (χ3v) is 4.76. The van der Waals surface area contributed by atoms with Crippen LogP contribution in [0.4, 0.5) is 4.39 Å². The minimum Gasteiger partial charge on any atom is -0.497 e. The van der Waals surface area contributed by atoms with E-state index in [1.54, 1.807) is 32.2 Å². The fourth-order valence-electron chi connectivity index (χ4n) is 2.93. The summed E-state index contributed by atoms with van der Waals surface area (Å²) < 4.78 is 26.4. The van der Waals surface area contributed by atoms with Gasteiger partial charge in [-0.2, -0.15) is 5.26 Å². The molecule has 1 atom stereocenters. The maximum Gasteiger partial charge on any atom is 0.297 e. The lowest BCUT2D eigenvalue weighted by molar-refractivity contribution is 0.344. The maximum atomic E-state index is 14.2. The normalized spacial score (nSPS) is 11.6. The van der Waals surface area contributed by atoms with Crippen molar-refractivity contribution in [2.75, 3.05) is 7.11 Å². The number of aromatic nitrogens is 2. The molecule has 1 heterocycles. The third-order valence-electron chi connectivity index (χ3n) is 4.48. The molecular weight excluding hydrogens is 409 g/mol. The molecule has 0 bridgehead atoms. The Bertz CT molecular complexity index is 1140. The zero-order valence-electron chi connectivity index (χ0n) is 16.6. The summed E-state index contributed by atoms with van der Waals surface area (Å²) in [5.41, 5.74) is 1.07. The maximum absolute atomic E-state index is 14.2. The number of alkyl halides is 1. The lowest BCUT2D eigenvalue weighted by Crippen LogP contribution is -2.24. The summed E-state index contributed by atoms with van der Waals surface area (Å²) in [6, 6.07) is 12.2. The van der Waals surface area contributed by atoms with Crippen LogP contribution < -0.4 is 15.0 Å². The minimum absolute atomic E-state index is 0.120. The first-order valence-corrected chi connectivity index (χ1v) is 9.46. The zero-order chi connectivity index (χ0) is 21.8. The smallest absolute Gasteiger partial charge is 0.297 e. The highest BCUT2D eigenvalue weighted by atomic mass is 35.5. The van der Waals surface area contributed by atoms with Gasteiger partial charge in [0.2, 0.25) is 5.75 Å². The van der Waals surface area contributed by atoms with E-state index in [1.165, 1.54) is 23.9 Å². The summed E-state index contributed by atoms with van der Waals surface area (Å²) >= 11 is 6.23. The number of ether oxygens (including phenoxy) is 2. The van der Waals surface area contributed by atoms with Gasteiger partial charge < -0.3 is 9.47 Å². The van der Waals surface area contributed by atoms with Crippen LogP contribution in [0.3, 0.4) is 0 Å². The van der Waals surface area contributed by atoms with Crippen molar-refractivity contribution >= 4 is 11.6 Å². The summed E-state index contributed by atoms with van der Waals surface area (Å²) in [7, 11) is 1.57. The van der Waals surface area contributed by atoms with Crippen LogP contribution in [0.25, 0.3) is 0 Å². The summed E-state index contributed by atoms with van der Waals surface area (Å²) in [4.78, 5) is 17.2. The monoisotopic (exact) mass is 427 g/mol. The number of aryl methyl sites for hydroxylation is 1. The van der Waals surface area contributed by atoms with Crippen LogP contribution in [0, 0.1) is 18.3 Å². The van der Waals surface area contributed by atoms with Gasteiger partial charge in [0.1, 0.15) is 23.4 Å². The first-order chi connectivity index (χ1) is 14.3. The van der Waals surface area contributed by atoms with Crippen molar-refractivity contribution in [1.29, 1.82) is 5.26 Å². The third kappa shape index (κ3) is 4.44. The summed E-state index contributed by atoms with van der Waals surface area (Å²) in [6.07, 6.45) is -0.237.